The first-order valence-electron chi connectivity index (χ1n) is 20.3. The van der Waals surface area contributed by atoms with Crippen LogP contribution in [0.3, 0.4) is 0 Å². The number of aromatic nitrogens is 2. The van der Waals surface area contributed by atoms with Crippen molar-refractivity contribution in [3.8, 4) is 72.7 Å². The Morgan fingerprint density at radius 3 is 1.70 bits per heavy atom. The van der Waals surface area contributed by atoms with Crippen molar-refractivity contribution in [3.05, 3.63) is 206 Å². The first-order chi connectivity index (χ1) is 30.0. The summed E-state index contributed by atoms with van der Waals surface area (Å²) in [6.07, 6.45) is 0. The number of rotatable bonds is 3. The van der Waals surface area contributed by atoms with E-state index < -0.39 is 9.84 Å². The molecule has 9 aromatic carbocycles. The number of hydrogen-bond acceptors (Lipinski definition) is 4. The summed E-state index contributed by atoms with van der Waals surface area (Å²) in [5, 5.41) is 1.61. The number of fused-ring (bicyclic) bond motifs is 13. The third-order valence-electron chi connectivity index (χ3n) is 12.0. The molecule has 61 heavy (non-hydrogen) atoms. The van der Waals surface area contributed by atoms with Crippen LogP contribution in [0, 0.1) is 0 Å². The summed E-state index contributed by atoms with van der Waals surface area (Å²) in [6, 6.07) is 68.7. The first-order valence-corrected chi connectivity index (χ1v) is 21.8. The third-order valence-corrected chi connectivity index (χ3v) is 13.9. The van der Waals surface area contributed by atoms with Gasteiger partial charge in [0.15, 0.2) is 0 Å². The molecular formula is C55H34N2O3S. The minimum atomic E-state index is -4.14. The zero-order chi connectivity index (χ0) is 40.7. The Kier molecular flexibility index (Phi) is 7.86. The molecule has 288 valence electrons. The number of nitrogens with zero attached hydrogens (tertiary/aromatic N) is 2. The molecule has 0 aliphatic carbocycles. The average molecular weight is 803 g/mol. The van der Waals surface area contributed by atoms with Gasteiger partial charge in [0.05, 0.1) is 20.8 Å². The summed E-state index contributed by atoms with van der Waals surface area (Å²) in [4.78, 5) is 5.72. The molecule has 0 N–H and O–H groups in total. The Hall–Kier alpha value is -7.80. The van der Waals surface area contributed by atoms with Crippen molar-refractivity contribution >= 4 is 42.8 Å². The lowest BCUT2D eigenvalue weighted by atomic mass is 9.85. The van der Waals surface area contributed by atoms with E-state index in [4.69, 9.17) is 9.40 Å². The van der Waals surface area contributed by atoms with Gasteiger partial charge in [-0.05, 0) is 99.1 Å². The summed E-state index contributed by atoms with van der Waals surface area (Å²) in [6.45, 7) is 0. The second-order valence-corrected chi connectivity index (χ2v) is 17.4. The summed E-state index contributed by atoms with van der Waals surface area (Å²) in [7, 11) is -4.14. The first kappa shape index (κ1) is 35.2. The van der Waals surface area contributed by atoms with E-state index in [1.807, 2.05) is 121 Å². The molecule has 0 saturated heterocycles. The molecule has 1 aliphatic heterocycles. The van der Waals surface area contributed by atoms with Crippen LogP contribution in [0.1, 0.15) is 0 Å². The van der Waals surface area contributed by atoms with E-state index in [1.165, 1.54) is 0 Å². The highest BCUT2D eigenvalue weighted by molar-refractivity contribution is 7.91. The highest BCUT2D eigenvalue weighted by atomic mass is 32.2. The molecule has 11 aromatic rings. The molecule has 0 atom stereocenters. The monoisotopic (exact) mass is 802 g/mol. The lowest BCUT2D eigenvalue weighted by Crippen LogP contribution is -2.06. The SMILES string of the molecule is O=S1(=O)c2ccccc2-c2ccccc2-c2ccccc2-c2ccc(-c3ccc4c(c3)nc(-c3ccccc3)n4-c3ccccc3)cc2-c2cc3oc4ccccc4c3cc21. The van der Waals surface area contributed by atoms with Crippen molar-refractivity contribution < 1.29 is 12.8 Å². The van der Waals surface area contributed by atoms with Gasteiger partial charge in [0.1, 0.15) is 17.0 Å². The van der Waals surface area contributed by atoms with Gasteiger partial charge >= 0.3 is 0 Å². The quantitative estimate of drug-likeness (QED) is 0.178. The second kappa shape index (κ2) is 13.6. The normalized spacial score (nSPS) is 12.9. The Morgan fingerprint density at radius 2 is 0.967 bits per heavy atom. The fourth-order valence-corrected chi connectivity index (χ4v) is 10.9. The van der Waals surface area contributed by atoms with Gasteiger partial charge in [-0.25, -0.2) is 13.4 Å². The van der Waals surface area contributed by atoms with Crippen molar-refractivity contribution in [1.82, 2.24) is 9.55 Å². The number of hydrogen-bond donors (Lipinski definition) is 0. The molecule has 0 radical (unpaired) electrons. The zero-order valence-electron chi connectivity index (χ0n) is 32.7. The Balaban J connectivity index is 1.16. The number of para-hydroxylation sites is 2. The summed E-state index contributed by atoms with van der Waals surface area (Å²) >= 11 is 0. The largest absolute Gasteiger partial charge is 0.456 e. The topological polar surface area (TPSA) is 65.1 Å². The number of benzene rings is 9. The van der Waals surface area contributed by atoms with Gasteiger partial charge in [-0.2, -0.15) is 0 Å². The van der Waals surface area contributed by atoms with Crippen LogP contribution in [0.15, 0.2) is 220 Å². The molecule has 2 aromatic heterocycles. The maximum atomic E-state index is 15.6. The molecule has 0 spiro atoms. The second-order valence-electron chi connectivity index (χ2n) is 15.5. The van der Waals surface area contributed by atoms with Crippen LogP contribution in [0.4, 0.5) is 0 Å². The van der Waals surface area contributed by atoms with Crippen LogP contribution in [0.2, 0.25) is 0 Å². The molecule has 1 aliphatic rings. The maximum absolute atomic E-state index is 15.6. The number of sulfone groups is 1. The molecule has 6 heteroatoms. The summed E-state index contributed by atoms with van der Waals surface area (Å²) in [5.41, 5.74) is 13.8. The Morgan fingerprint density at radius 1 is 0.393 bits per heavy atom. The van der Waals surface area contributed by atoms with Gasteiger partial charge < -0.3 is 4.42 Å². The van der Waals surface area contributed by atoms with Crippen molar-refractivity contribution in [2.45, 2.75) is 9.79 Å². The molecular weight excluding hydrogens is 769 g/mol. The fourth-order valence-electron chi connectivity index (χ4n) is 9.19. The van der Waals surface area contributed by atoms with E-state index in [0.29, 0.717) is 22.3 Å². The molecule has 5 nitrogen and oxygen atoms in total. The zero-order valence-corrected chi connectivity index (χ0v) is 33.5. The van der Waals surface area contributed by atoms with Gasteiger partial charge in [-0.15, -0.1) is 0 Å². The van der Waals surface area contributed by atoms with Crippen molar-refractivity contribution in [3.63, 3.8) is 0 Å². The lowest BCUT2D eigenvalue weighted by Gasteiger charge is -2.18. The van der Waals surface area contributed by atoms with Crippen LogP contribution in [0.25, 0.3) is 106 Å². The smallest absolute Gasteiger partial charge is 0.207 e. The van der Waals surface area contributed by atoms with E-state index in [9.17, 15) is 0 Å². The fraction of sp³-hybridized carbons (Fsp3) is 0. The van der Waals surface area contributed by atoms with Gasteiger partial charge in [0, 0.05) is 33.2 Å². The Labute approximate surface area is 352 Å². The van der Waals surface area contributed by atoms with Crippen molar-refractivity contribution in [2.24, 2.45) is 0 Å². The maximum Gasteiger partial charge on any atom is 0.207 e. The molecule has 0 bridgehead atoms. The lowest BCUT2D eigenvalue weighted by molar-refractivity contribution is 0.596. The molecule has 0 amide bonds. The third kappa shape index (κ3) is 5.53. The average Bonchev–Trinajstić information content (AvgIpc) is 3.89. The summed E-state index contributed by atoms with van der Waals surface area (Å²) < 4.78 is 39.8. The van der Waals surface area contributed by atoms with E-state index in [0.717, 1.165) is 83.4 Å². The molecule has 0 unspecified atom stereocenters. The van der Waals surface area contributed by atoms with E-state index in [-0.39, 0.29) is 9.79 Å². The van der Waals surface area contributed by atoms with E-state index in [2.05, 4.69) is 83.4 Å². The van der Waals surface area contributed by atoms with Crippen LogP contribution >= 0.6 is 0 Å². The van der Waals surface area contributed by atoms with Crippen molar-refractivity contribution in [2.75, 3.05) is 0 Å². The highest BCUT2D eigenvalue weighted by Gasteiger charge is 2.30. The predicted molar refractivity (Wildman–Crippen MR) is 246 cm³/mol. The van der Waals surface area contributed by atoms with Gasteiger partial charge in [-0.1, -0.05) is 152 Å². The van der Waals surface area contributed by atoms with Crippen LogP contribution < -0.4 is 0 Å². The standard InChI is InChI=1S/C55H34N2O3S/c58-61(59)53-26-14-12-24-45(53)42-22-10-9-20-40(42)39-19-7-8-21-41(39)43-29-27-36(31-46(43)48-33-52-47(34-54(48)61)44-23-11-13-25-51(44)60-52)37-28-30-50-49(32-37)56-55(35-15-3-1-4-16-35)57(50)38-17-5-2-6-18-38/h1-34H. The van der Waals surface area contributed by atoms with Gasteiger partial charge in [-0.3, -0.25) is 4.57 Å². The molecule has 0 fully saturated rings. The summed E-state index contributed by atoms with van der Waals surface area (Å²) in [5.74, 6) is 0.853. The van der Waals surface area contributed by atoms with E-state index in [1.54, 1.807) is 6.07 Å². The number of imidazole rings is 1. The predicted octanol–water partition coefficient (Wildman–Crippen LogP) is 14.1. The minimum absolute atomic E-state index is 0.221. The Bertz CT molecular complexity index is 3660. The van der Waals surface area contributed by atoms with Crippen LogP contribution in [-0.4, -0.2) is 18.0 Å². The van der Waals surface area contributed by atoms with Crippen molar-refractivity contribution in [1.29, 1.82) is 0 Å². The van der Waals surface area contributed by atoms with Gasteiger partial charge in [0.2, 0.25) is 9.84 Å². The van der Waals surface area contributed by atoms with Crippen LogP contribution in [-0.2, 0) is 9.84 Å². The molecule has 3 heterocycles. The van der Waals surface area contributed by atoms with Gasteiger partial charge in [0.25, 0.3) is 0 Å². The molecule has 12 rings (SSSR count). The highest BCUT2D eigenvalue weighted by Crippen LogP contribution is 2.49. The molecule has 0 saturated carbocycles. The minimum Gasteiger partial charge on any atom is -0.456 e. The van der Waals surface area contributed by atoms with Crippen LogP contribution in [0.5, 0.6) is 0 Å². The van der Waals surface area contributed by atoms with E-state index >= 15 is 8.42 Å². The number of furan rings is 1.